The fraction of sp³-hybridized carbons (Fsp3) is 0.387. The van der Waals surface area contributed by atoms with E-state index in [9.17, 15) is 28.0 Å². The van der Waals surface area contributed by atoms with Crippen LogP contribution < -0.4 is 14.8 Å². The second-order valence-electron chi connectivity index (χ2n) is 10.2. The number of pyridine rings is 1. The van der Waals surface area contributed by atoms with Gasteiger partial charge in [0.05, 0.1) is 13.4 Å². The molecule has 3 aromatic rings. The van der Waals surface area contributed by atoms with Crippen LogP contribution in [0.1, 0.15) is 59.7 Å². The molecule has 14 heteroatoms. The van der Waals surface area contributed by atoms with Gasteiger partial charge in [-0.2, -0.15) is 0 Å². The zero-order valence-corrected chi connectivity index (χ0v) is 24.7. The molecule has 1 amide bonds. The topological polar surface area (TPSA) is 152 Å². The summed E-state index contributed by atoms with van der Waals surface area (Å²) in [4.78, 5) is 54.8. The Morgan fingerprint density at radius 3 is 2.62 bits per heavy atom. The van der Waals surface area contributed by atoms with Gasteiger partial charge in [-0.3, -0.25) is 9.59 Å². The number of carbonyl (C=O) groups excluding carboxylic acids is 4. The summed E-state index contributed by atoms with van der Waals surface area (Å²) in [5, 5.41) is 2.61. The average Bonchev–Trinajstić information content (AvgIpc) is 3.55. The second kappa shape index (κ2) is 15.1. The molecule has 4 atom stereocenters. The van der Waals surface area contributed by atoms with E-state index in [1.165, 1.54) is 57.7 Å². The van der Waals surface area contributed by atoms with Crippen LogP contribution in [0.3, 0.4) is 0 Å². The number of cyclic esters (lactones) is 1. The quantitative estimate of drug-likeness (QED) is 0.195. The number of hydrogen-bond donors (Lipinski definition) is 1. The lowest BCUT2D eigenvalue weighted by Gasteiger charge is -2.30. The van der Waals surface area contributed by atoms with Crippen molar-refractivity contribution >= 4 is 23.8 Å². The molecule has 0 spiro atoms. The molecule has 1 fully saturated rings. The van der Waals surface area contributed by atoms with Crippen LogP contribution in [0.5, 0.6) is 11.5 Å². The predicted octanol–water partition coefficient (Wildman–Crippen LogP) is 4.16. The molecule has 0 bridgehead atoms. The Kier molecular flexibility index (Phi) is 11.1. The van der Waals surface area contributed by atoms with Crippen molar-refractivity contribution in [3.63, 3.8) is 0 Å². The SMILES string of the molecule is COc1ccnc(C(=O)NC2CCCC(Cc3ccc(F)cc3F)C(OC(=O)c3ccco3)C(C)OC2=O)c1OCOC(C)=O. The van der Waals surface area contributed by atoms with Crippen LogP contribution in [0.15, 0.2) is 53.3 Å². The number of halogens is 2. The number of nitrogens with one attached hydrogen (secondary N) is 1. The minimum absolute atomic E-state index is 0.0396. The van der Waals surface area contributed by atoms with Crippen LogP contribution in [-0.2, 0) is 30.2 Å². The number of aromatic nitrogens is 1. The first-order valence-corrected chi connectivity index (χ1v) is 14.1. The highest BCUT2D eigenvalue weighted by Crippen LogP contribution is 2.31. The van der Waals surface area contributed by atoms with Crippen LogP contribution in [0.25, 0.3) is 0 Å². The highest BCUT2D eigenvalue weighted by atomic mass is 19.1. The molecule has 1 aliphatic heterocycles. The third-order valence-corrected chi connectivity index (χ3v) is 7.12. The number of esters is 3. The lowest BCUT2D eigenvalue weighted by atomic mass is 9.86. The predicted molar refractivity (Wildman–Crippen MR) is 150 cm³/mol. The Balaban J connectivity index is 1.56. The summed E-state index contributed by atoms with van der Waals surface area (Å²) >= 11 is 0. The Hall–Kier alpha value is -5.01. The standard InChI is InChI=1S/C31H32F2N2O10/c1-17-27(45-31(39)25-8-5-13-41-25)20(14-19-9-10-21(32)15-22(19)33)6-4-7-23(30(38)44-17)35-29(37)26-28(43-16-42-18(2)36)24(40-3)11-12-34-26/h5,8-13,15,17,20,23,27H,4,6-7,14,16H2,1-3H3,(H,35,37). The van der Waals surface area contributed by atoms with Crippen molar-refractivity contribution in [3.8, 4) is 11.5 Å². The van der Waals surface area contributed by atoms with E-state index in [0.29, 0.717) is 12.8 Å². The van der Waals surface area contributed by atoms with Crippen LogP contribution >= 0.6 is 0 Å². The van der Waals surface area contributed by atoms with Gasteiger partial charge in [0, 0.05) is 31.2 Å². The molecule has 0 aliphatic carbocycles. The third kappa shape index (κ3) is 8.55. The van der Waals surface area contributed by atoms with Gasteiger partial charge in [-0.25, -0.2) is 23.4 Å². The molecule has 0 radical (unpaired) electrons. The van der Waals surface area contributed by atoms with Crippen LogP contribution in [0, 0.1) is 17.6 Å². The fourth-order valence-electron chi connectivity index (χ4n) is 4.96. The van der Waals surface area contributed by atoms with Crippen molar-refractivity contribution in [2.75, 3.05) is 13.9 Å². The second-order valence-corrected chi connectivity index (χ2v) is 10.2. The van der Waals surface area contributed by atoms with Gasteiger partial charge in [0.15, 0.2) is 17.2 Å². The first-order chi connectivity index (χ1) is 21.6. The van der Waals surface area contributed by atoms with Gasteiger partial charge in [0.2, 0.25) is 12.6 Å². The summed E-state index contributed by atoms with van der Waals surface area (Å²) < 4.78 is 60.3. The molecule has 1 aliphatic rings. The Morgan fingerprint density at radius 2 is 1.93 bits per heavy atom. The Labute approximate surface area is 256 Å². The van der Waals surface area contributed by atoms with E-state index in [2.05, 4.69) is 10.3 Å². The summed E-state index contributed by atoms with van der Waals surface area (Å²) in [5.41, 5.74) is -0.0504. The van der Waals surface area contributed by atoms with E-state index >= 15 is 0 Å². The largest absolute Gasteiger partial charge is 0.493 e. The molecule has 1 saturated heterocycles. The Morgan fingerprint density at radius 1 is 1.13 bits per heavy atom. The number of rotatable bonds is 10. The molecule has 12 nitrogen and oxygen atoms in total. The normalized spacial score (nSPS) is 20.1. The number of furan rings is 1. The van der Waals surface area contributed by atoms with Crippen LogP contribution in [-0.4, -0.2) is 61.0 Å². The van der Waals surface area contributed by atoms with E-state index in [1.54, 1.807) is 0 Å². The van der Waals surface area contributed by atoms with Crippen molar-refractivity contribution in [2.24, 2.45) is 5.92 Å². The summed E-state index contributed by atoms with van der Waals surface area (Å²) in [6.45, 7) is 2.18. The van der Waals surface area contributed by atoms with E-state index in [0.717, 1.165) is 12.1 Å². The van der Waals surface area contributed by atoms with Crippen molar-refractivity contribution in [1.29, 1.82) is 0 Å². The highest BCUT2D eigenvalue weighted by Gasteiger charge is 2.38. The van der Waals surface area contributed by atoms with Crippen LogP contribution in [0.2, 0.25) is 0 Å². The van der Waals surface area contributed by atoms with Gasteiger partial charge < -0.3 is 33.4 Å². The summed E-state index contributed by atoms with van der Waals surface area (Å²) in [6, 6.07) is 6.40. The maximum atomic E-state index is 14.7. The number of amides is 1. The summed E-state index contributed by atoms with van der Waals surface area (Å²) in [6.07, 6.45) is 1.28. The highest BCUT2D eigenvalue weighted by molar-refractivity contribution is 5.98. The van der Waals surface area contributed by atoms with Crippen molar-refractivity contribution in [1.82, 2.24) is 10.3 Å². The zero-order chi connectivity index (χ0) is 32.5. The molecule has 1 aromatic carbocycles. The average molecular weight is 631 g/mol. The van der Waals surface area contributed by atoms with Gasteiger partial charge in [-0.1, -0.05) is 12.5 Å². The van der Waals surface area contributed by atoms with Crippen molar-refractivity contribution < 1.29 is 56.1 Å². The van der Waals surface area contributed by atoms with E-state index in [-0.39, 0.29) is 41.4 Å². The molecular formula is C31H32F2N2O10. The maximum Gasteiger partial charge on any atom is 0.374 e. The summed E-state index contributed by atoms with van der Waals surface area (Å²) in [5.74, 6) is -5.17. The zero-order valence-electron chi connectivity index (χ0n) is 24.7. The first-order valence-electron chi connectivity index (χ1n) is 14.1. The fourth-order valence-corrected chi connectivity index (χ4v) is 4.96. The number of methoxy groups -OCH3 is 1. The minimum Gasteiger partial charge on any atom is -0.493 e. The molecule has 1 N–H and O–H groups in total. The molecule has 2 aromatic heterocycles. The lowest BCUT2D eigenvalue weighted by molar-refractivity contribution is -0.157. The minimum atomic E-state index is -1.16. The third-order valence-electron chi connectivity index (χ3n) is 7.12. The Bertz CT molecular complexity index is 1510. The van der Waals surface area contributed by atoms with Gasteiger partial charge >= 0.3 is 17.9 Å². The van der Waals surface area contributed by atoms with Gasteiger partial charge in [0.1, 0.15) is 29.9 Å². The lowest BCUT2D eigenvalue weighted by Crippen LogP contribution is -2.45. The van der Waals surface area contributed by atoms with E-state index < -0.39 is 66.4 Å². The van der Waals surface area contributed by atoms with Crippen molar-refractivity contribution in [2.45, 2.75) is 57.8 Å². The monoisotopic (exact) mass is 630 g/mol. The van der Waals surface area contributed by atoms with Crippen LogP contribution in [0.4, 0.5) is 8.78 Å². The molecule has 240 valence electrons. The molecular weight excluding hydrogens is 598 g/mol. The summed E-state index contributed by atoms with van der Waals surface area (Å²) in [7, 11) is 1.34. The number of hydrogen-bond acceptors (Lipinski definition) is 11. The van der Waals surface area contributed by atoms with Gasteiger partial charge in [-0.05, 0) is 49.9 Å². The molecule has 4 unspecified atom stereocenters. The maximum absolute atomic E-state index is 14.7. The van der Waals surface area contributed by atoms with Crippen molar-refractivity contribution in [3.05, 3.63) is 77.5 Å². The van der Waals surface area contributed by atoms with Gasteiger partial charge in [0.25, 0.3) is 5.91 Å². The van der Waals surface area contributed by atoms with E-state index in [4.69, 9.17) is 28.1 Å². The molecule has 3 heterocycles. The number of carbonyl (C=O) groups is 4. The molecule has 4 rings (SSSR count). The number of nitrogens with zero attached hydrogens (tertiary/aromatic N) is 1. The van der Waals surface area contributed by atoms with E-state index in [1.807, 2.05) is 0 Å². The van der Waals surface area contributed by atoms with Gasteiger partial charge in [-0.15, -0.1) is 0 Å². The first kappa shape index (κ1) is 32.9. The molecule has 0 saturated carbocycles. The smallest absolute Gasteiger partial charge is 0.374 e. The number of benzene rings is 1. The molecule has 45 heavy (non-hydrogen) atoms. The number of ether oxygens (including phenoxy) is 5.